The van der Waals surface area contributed by atoms with Gasteiger partial charge >= 0.3 is 0 Å². The van der Waals surface area contributed by atoms with Crippen molar-refractivity contribution in [2.75, 3.05) is 14.2 Å². The van der Waals surface area contributed by atoms with Gasteiger partial charge in [-0.1, -0.05) is 12.8 Å². The lowest BCUT2D eigenvalue weighted by Gasteiger charge is -2.42. The number of benzene rings is 2. The van der Waals surface area contributed by atoms with Gasteiger partial charge in [0.2, 0.25) is 0 Å². The third kappa shape index (κ3) is 3.04. The second-order valence-corrected chi connectivity index (χ2v) is 7.09. The SMILES string of the molecule is COc1ccc(OC)c2c1[C@H](c1ccc([N+](=O)[O-])cc1)O[C@H]1CCCC[C@H]21. The Morgan fingerprint density at radius 3 is 2.22 bits per heavy atom. The summed E-state index contributed by atoms with van der Waals surface area (Å²) in [7, 11) is 3.35. The Morgan fingerprint density at radius 1 is 0.963 bits per heavy atom. The van der Waals surface area contributed by atoms with E-state index in [0.717, 1.165) is 47.5 Å². The van der Waals surface area contributed by atoms with Crippen molar-refractivity contribution >= 4 is 5.69 Å². The average Bonchev–Trinajstić information content (AvgIpc) is 2.72. The molecule has 1 fully saturated rings. The van der Waals surface area contributed by atoms with E-state index in [1.807, 2.05) is 12.1 Å². The number of rotatable bonds is 4. The average molecular weight is 369 g/mol. The minimum Gasteiger partial charge on any atom is -0.496 e. The summed E-state index contributed by atoms with van der Waals surface area (Å²) in [6, 6.07) is 10.5. The van der Waals surface area contributed by atoms with Crippen LogP contribution in [0.4, 0.5) is 5.69 Å². The summed E-state index contributed by atoms with van der Waals surface area (Å²) in [5, 5.41) is 11.0. The van der Waals surface area contributed by atoms with E-state index in [2.05, 4.69) is 0 Å². The summed E-state index contributed by atoms with van der Waals surface area (Å²) in [5.74, 6) is 1.91. The molecule has 6 heteroatoms. The molecule has 2 aliphatic rings. The molecule has 1 heterocycles. The molecule has 0 N–H and O–H groups in total. The number of hydrogen-bond donors (Lipinski definition) is 0. The van der Waals surface area contributed by atoms with Crippen molar-refractivity contribution in [2.24, 2.45) is 0 Å². The highest BCUT2D eigenvalue weighted by Crippen LogP contribution is 2.52. The summed E-state index contributed by atoms with van der Waals surface area (Å²) >= 11 is 0. The van der Waals surface area contributed by atoms with E-state index in [1.165, 1.54) is 18.6 Å². The molecule has 1 aliphatic carbocycles. The topological polar surface area (TPSA) is 70.8 Å². The fraction of sp³-hybridized carbons (Fsp3) is 0.429. The number of nitrogens with zero attached hydrogens (tertiary/aromatic N) is 1. The molecule has 4 rings (SSSR count). The van der Waals surface area contributed by atoms with Crippen molar-refractivity contribution in [3.8, 4) is 11.5 Å². The molecular weight excluding hydrogens is 346 g/mol. The van der Waals surface area contributed by atoms with Crippen LogP contribution in [0.1, 0.15) is 54.4 Å². The summed E-state index contributed by atoms with van der Waals surface area (Å²) in [6.45, 7) is 0. The maximum atomic E-state index is 11.0. The first-order chi connectivity index (χ1) is 13.1. The van der Waals surface area contributed by atoms with Crippen molar-refractivity contribution in [3.05, 3.63) is 63.2 Å². The molecule has 6 nitrogen and oxygen atoms in total. The predicted octanol–water partition coefficient (Wildman–Crippen LogP) is 4.76. The summed E-state index contributed by atoms with van der Waals surface area (Å²) in [6.07, 6.45) is 4.18. The highest BCUT2D eigenvalue weighted by molar-refractivity contribution is 5.56. The van der Waals surface area contributed by atoms with Crippen molar-refractivity contribution in [1.82, 2.24) is 0 Å². The van der Waals surface area contributed by atoms with E-state index in [4.69, 9.17) is 14.2 Å². The van der Waals surface area contributed by atoms with Gasteiger partial charge in [-0.05, 0) is 42.7 Å². The van der Waals surface area contributed by atoms with Crippen LogP contribution in [0.2, 0.25) is 0 Å². The highest BCUT2D eigenvalue weighted by Gasteiger charge is 2.41. The number of methoxy groups -OCH3 is 2. The van der Waals surface area contributed by atoms with Crippen molar-refractivity contribution < 1.29 is 19.1 Å². The van der Waals surface area contributed by atoms with Gasteiger partial charge in [-0.25, -0.2) is 0 Å². The minimum atomic E-state index is -0.389. The lowest BCUT2D eigenvalue weighted by molar-refractivity contribution is -0.384. The van der Waals surface area contributed by atoms with Gasteiger partial charge in [0.25, 0.3) is 5.69 Å². The van der Waals surface area contributed by atoms with Crippen LogP contribution in [0.5, 0.6) is 11.5 Å². The lowest BCUT2D eigenvalue weighted by Crippen LogP contribution is -2.34. The van der Waals surface area contributed by atoms with Gasteiger partial charge in [-0.3, -0.25) is 10.1 Å². The fourth-order valence-electron chi connectivity index (χ4n) is 4.45. The smallest absolute Gasteiger partial charge is 0.269 e. The molecule has 0 aromatic heterocycles. The molecule has 0 amide bonds. The van der Waals surface area contributed by atoms with Gasteiger partial charge < -0.3 is 14.2 Å². The third-order valence-corrected chi connectivity index (χ3v) is 5.70. The molecule has 0 bridgehead atoms. The Labute approximate surface area is 158 Å². The van der Waals surface area contributed by atoms with Crippen LogP contribution in [0.3, 0.4) is 0 Å². The Balaban J connectivity index is 1.87. The van der Waals surface area contributed by atoms with Crippen LogP contribution >= 0.6 is 0 Å². The zero-order valence-corrected chi connectivity index (χ0v) is 15.5. The van der Waals surface area contributed by atoms with Gasteiger partial charge in [-0.2, -0.15) is 0 Å². The standard InChI is InChI=1S/C21H23NO5/c1-25-17-11-12-18(26-2)20-19(17)15-5-3-4-6-16(15)27-21(20)13-7-9-14(10-8-13)22(23)24/h7-12,15-16,21H,3-6H2,1-2H3/t15-,16-,21-/m0/s1. The number of fused-ring (bicyclic) bond motifs is 3. The first kappa shape index (κ1) is 17.8. The number of ether oxygens (including phenoxy) is 3. The molecular formula is C21H23NO5. The number of nitro groups is 1. The van der Waals surface area contributed by atoms with E-state index in [-0.39, 0.29) is 28.7 Å². The molecule has 0 saturated heterocycles. The van der Waals surface area contributed by atoms with Crippen LogP contribution < -0.4 is 9.47 Å². The molecule has 142 valence electrons. The van der Waals surface area contributed by atoms with E-state index in [1.54, 1.807) is 26.4 Å². The van der Waals surface area contributed by atoms with Gasteiger partial charge in [0.05, 0.1) is 25.2 Å². The zero-order valence-electron chi connectivity index (χ0n) is 15.5. The van der Waals surface area contributed by atoms with Gasteiger partial charge in [-0.15, -0.1) is 0 Å². The van der Waals surface area contributed by atoms with Gasteiger partial charge in [0, 0.05) is 29.2 Å². The molecule has 2 aromatic rings. The van der Waals surface area contributed by atoms with Crippen LogP contribution in [-0.2, 0) is 4.74 Å². The first-order valence-electron chi connectivity index (χ1n) is 9.28. The largest absolute Gasteiger partial charge is 0.496 e. The summed E-state index contributed by atoms with van der Waals surface area (Å²) < 4.78 is 17.9. The maximum absolute atomic E-state index is 11.0. The van der Waals surface area contributed by atoms with Crippen LogP contribution in [-0.4, -0.2) is 25.2 Å². The summed E-state index contributed by atoms with van der Waals surface area (Å²) in [4.78, 5) is 10.6. The molecule has 3 atom stereocenters. The molecule has 0 spiro atoms. The highest BCUT2D eigenvalue weighted by atomic mass is 16.6. The Morgan fingerprint density at radius 2 is 1.59 bits per heavy atom. The molecule has 27 heavy (non-hydrogen) atoms. The van der Waals surface area contributed by atoms with Crippen LogP contribution in [0.15, 0.2) is 36.4 Å². The second-order valence-electron chi connectivity index (χ2n) is 7.09. The lowest BCUT2D eigenvalue weighted by atomic mass is 9.75. The van der Waals surface area contributed by atoms with Crippen molar-refractivity contribution in [1.29, 1.82) is 0 Å². The van der Waals surface area contributed by atoms with Crippen molar-refractivity contribution in [3.63, 3.8) is 0 Å². The Bertz CT molecular complexity index is 848. The quantitative estimate of drug-likeness (QED) is 0.574. The molecule has 1 saturated carbocycles. The second kappa shape index (κ2) is 7.19. The molecule has 1 aliphatic heterocycles. The van der Waals surface area contributed by atoms with Crippen molar-refractivity contribution in [2.45, 2.75) is 43.8 Å². The van der Waals surface area contributed by atoms with E-state index >= 15 is 0 Å². The number of nitro benzene ring substituents is 1. The normalized spacial score (nSPS) is 23.9. The minimum absolute atomic E-state index is 0.0722. The van der Waals surface area contributed by atoms with Crippen LogP contribution in [0.25, 0.3) is 0 Å². The summed E-state index contributed by atoms with van der Waals surface area (Å²) in [5.41, 5.74) is 3.10. The fourth-order valence-corrected chi connectivity index (χ4v) is 4.45. The Hall–Kier alpha value is -2.60. The van der Waals surface area contributed by atoms with E-state index < -0.39 is 0 Å². The maximum Gasteiger partial charge on any atom is 0.269 e. The zero-order chi connectivity index (χ0) is 19.0. The predicted molar refractivity (Wildman–Crippen MR) is 101 cm³/mol. The number of non-ortho nitro benzene ring substituents is 1. The number of hydrogen-bond acceptors (Lipinski definition) is 5. The monoisotopic (exact) mass is 369 g/mol. The van der Waals surface area contributed by atoms with E-state index in [9.17, 15) is 10.1 Å². The molecule has 0 radical (unpaired) electrons. The van der Waals surface area contributed by atoms with Gasteiger partial charge in [0.15, 0.2) is 0 Å². The molecule has 0 unspecified atom stereocenters. The Kier molecular flexibility index (Phi) is 4.74. The first-order valence-corrected chi connectivity index (χ1v) is 9.28. The van der Waals surface area contributed by atoms with Crippen LogP contribution in [0, 0.1) is 10.1 Å². The molecule has 2 aromatic carbocycles. The van der Waals surface area contributed by atoms with E-state index in [0.29, 0.717) is 0 Å². The van der Waals surface area contributed by atoms with Gasteiger partial charge in [0.1, 0.15) is 17.6 Å². The third-order valence-electron chi connectivity index (χ3n) is 5.70.